The van der Waals surface area contributed by atoms with E-state index in [1.165, 1.54) is 0 Å². The minimum absolute atomic E-state index is 0.163. The number of ether oxygens (including phenoxy) is 2. The van der Waals surface area contributed by atoms with E-state index in [4.69, 9.17) is 21.1 Å². The highest BCUT2D eigenvalue weighted by Gasteiger charge is 2.26. The van der Waals surface area contributed by atoms with E-state index in [0.29, 0.717) is 18.1 Å². The molecule has 1 aromatic rings. The van der Waals surface area contributed by atoms with Crippen LogP contribution in [0.5, 0.6) is 5.75 Å². The summed E-state index contributed by atoms with van der Waals surface area (Å²) in [5.74, 6) is 0.824. The third-order valence-electron chi connectivity index (χ3n) is 3.65. The Morgan fingerprint density at radius 1 is 1.39 bits per heavy atom. The van der Waals surface area contributed by atoms with Gasteiger partial charge in [-0.1, -0.05) is 11.6 Å². The van der Waals surface area contributed by atoms with Gasteiger partial charge >= 0.3 is 0 Å². The van der Waals surface area contributed by atoms with Gasteiger partial charge in [-0.05, 0) is 30.5 Å². The van der Waals surface area contributed by atoms with Gasteiger partial charge in [0.2, 0.25) is 0 Å². The largest absolute Gasteiger partial charge is 0.493 e. The van der Waals surface area contributed by atoms with Gasteiger partial charge in [0.25, 0.3) is 0 Å². The van der Waals surface area contributed by atoms with Crippen molar-refractivity contribution in [2.24, 2.45) is 0 Å². The topological polar surface area (TPSA) is 38.7 Å². The van der Waals surface area contributed by atoms with Crippen molar-refractivity contribution in [2.45, 2.75) is 37.9 Å². The lowest BCUT2D eigenvalue weighted by Gasteiger charge is -2.18. The average molecular weight is 269 g/mol. The molecule has 1 N–H and O–H groups in total. The van der Waals surface area contributed by atoms with E-state index in [1.807, 2.05) is 12.1 Å². The van der Waals surface area contributed by atoms with Crippen molar-refractivity contribution in [3.63, 3.8) is 0 Å². The molecule has 0 bridgehead atoms. The molecule has 0 radical (unpaired) electrons. The van der Waals surface area contributed by atoms with Crippen molar-refractivity contribution >= 4 is 11.6 Å². The van der Waals surface area contributed by atoms with Crippen LogP contribution in [-0.4, -0.2) is 24.4 Å². The Morgan fingerprint density at radius 3 is 3.06 bits per heavy atom. The molecule has 0 spiro atoms. The Kier molecular flexibility index (Phi) is 3.46. The number of halogens is 1. The van der Waals surface area contributed by atoms with Crippen LogP contribution in [-0.2, 0) is 11.2 Å². The summed E-state index contributed by atoms with van der Waals surface area (Å²) in [6, 6.07) is 3.73. The second-order valence-electron chi connectivity index (χ2n) is 4.97. The first kappa shape index (κ1) is 12.3. The number of hydrogen-bond acceptors (Lipinski definition) is 3. The molecule has 2 aliphatic heterocycles. The molecule has 1 saturated heterocycles. The van der Waals surface area contributed by atoms with Crippen LogP contribution in [0, 0.1) is 0 Å². The first-order chi connectivity index (χ1) is 8.74. The van der Waals surface area contributed by atoms with E-state index in [-0.39, 0.29) is 6.10 Å². The van der Waals surface area contributed by atoms with E-state index in [0.717, 1.165) is 42.7 Å². The Bertz CT molecular complexity index is 441. The lowest BCUT2D eigenvalue weighted by molar-refractivity contribution is 0.0526. The normalized spacial score (nSPS) is 23.8. The van der Waals surface area contributed by atoms with Gasteiger partial charge in [0, 0.05) is 30.0 Å². The molecule has 0 aromatic heterocycles. The molecule has 2 heterocycles. The zero-order valence-corrected chi connectivity index (χ0v) is 10.9. The van der Waals surface area contributed by atoms with Crippen molar-refractivity contribution in [3.05, 3.63) is 28.3 Å². The third-order valence-corrected chi connectivity index (χ3v) is 3.86. The zero-order valence-electron chi connectivity index (χ0n) is 10.2. The lowest BCUT2D eigenvalue weighted by atomic mass is 9.98. The van der Waals surface area contributed by atoms with Crippen LogP contribution in [0.4, 0.5) is 0 Å². The van der Waals surface area contributed by atoms with Gasteiger partial charge < -0.3 is 14.6 Å². The van der Waals surface area contributed by atoms with Gasteiger partial charge in [-0.15, -0.1) is 0 Å². The van der Waals surface area contributed by atoms with Crippen LogP contribution in [0.2, 0.25) is 5.02 Å². The van der Waals surface area contributed by atoms with Crippen molar-refractivity contribution in [1.82, 2.24) is 0 Å². The molecule has 4 heteroatoms. The number of rotatable bonds is 3. The number of aliphatic hydroxyl groups is 1. The molecule has 0 amide bonds. The summed E-state index contributed by atoms with van der Waals surface area (Å²) in [5, 5.41) is 11.0. The molecule has 3 rings (SSSR count). The van der Waals surface area contributed by atoms with Gasteiger partial charge in [0.1, 0.15) is 5.75 Å². The maximum absolute atomic E-state index is 10.4. The number of fused-ring (bicyclic) bond motifs is 1. The molecule has 0 saturated carbocycles. The van der Waals surface area contributed by atoms with E-state index < -0.39 is 6.10 Å². The zero-order chi connectivity index (χ0) is 12.5. The number of aliphatic hydroxyl groups excluding tert-OH is 1. The maximum Gasteiger partial charge on any atom is 0.128 e. The minimum atomic E-state index is -0.557. The molecule has 0 aliphatic carbocycles. The fraction of sp³-hybridized carbons (Fsp3) is 0.571. The van der Waals surface area contributed by atoms with Gasteiger partial charge in [-0.3, -0.25) is 0 Å². The second-order valence-corrected chi connectivity index (χ2v) is 5.40. The highest BCUT2D eigenvalue weighted by Crippen LogP contribution is 2.38. The van der Waals surface area contributed by atoms with Crippen LogP contribution < -0.4 is 4.74 Å². The quantitative estimate of drug-likeness (QED) is 0.916. The summed E-state index contributed by atoms with van der Waals surface area (Å²) in [4.78, 5) is 0. The molecule has 98 valence electrons. The molecule has 3 nitrogen and oxygen atoms in total. The van der Waals surface area contributed by atoms with E-state index >= 15 is 0 Å². The van der Waals surface area contributed by atoms with E-state index in [9.17, 15) is 5.11 Å². The van der Waals surface area contributed by atoms with Crippen LogP contribution >= 0.6 is 11.6 Å². The summed E-state index contributed by atoms with van der Waals surface area (Å²) in [6.07, 6.45) is 3.21. The second kappa shape index (κ2) is 5.08. The van der Waals surface area contributed by atoms with Crippen molar-refractivity contribution in [2.75, 3.05) is 13.2 Å². The van der Waals surface area contributed by atoms with Gasteiger partial charge in [0.15, 0.2) is 0 Å². The lowest BCUT2D eigenvalue weighted by Crippen LogP contribution is -2.12. The monoisotopic (exact) mass is 268 g/mol. The standard InChI is InChI=1S/C14H17ClO3/c15-10-6-9-3-5-18-14(9)12(7-10)13(16)8-11-2-1-4-17-11/h6-7,11,13,16H,1-5,8H2. The summed E-state index contributed by atoms with van der Waals surface area (Å²) in [7, 11) is 0. The Morgan fingerprint density at radius 2 is 2.28 bits per heavy atom. The number of hydrogen-bond donors (Lipinski definition) is 1. The highest BCUT2D eigenvalue weighted by molar-refractivity contribution is 6.30. The predicted octanol–water partition coefficient (Wildman–Crippen LogP) is 2.88. The van der Waals surface area contributed by atoms with Crippen LogP contribution in [0.1, 0.15) is 36.5 Å². The smallest absolute Gasteiger partial charge is 0.128 e. The molecule has 18 heavy (non-hydrogen) atoms. The van der Waals surface area contributed by atoms with Crippen LogP contribution in [0.25, 0.3) is 0 Å². The SMILES string of the molecule is OC(CC1CCCO1)c1cc(Cl)cc2c1OCC2. The Hall–Kier alpha value is -0.770. The molecule has 1 aromatic carbocycles. The summed E-state index contributed by atoms with van der Waals surface area (Å²) in [5.41, 5.74) is 1.91. The van der Waals surface area contributed by atoms with Gasteiger partial charge in [0.05, 0.1) is 18.8 Å². The minimum Gasteiger partial charge on any atom is -0.493 e. The van der Waals surface area contributed by atoms with Gasteiger partial charge in [-0.25, -0.2) is 0 Å². The van der Waals surface area contributed by atoms with Gasteiger partial charge in [-0.2, -0.15) is 0 Å². The summed E-state index contributed by atoms with van der Waals surface area (Å²) in [6.45, 7) is 1.48. The molecule has 1 fully saturated rings. The molecule has 2 atom stereocenters. The molecule has 2 aliphatic rings. The van der Waals surface area contributed by atoms with Crippen molar-refractivity contribution < 1.29 is 14.6 Å². The van der Waals surface area contributed by atoms with Crippen molar-refractivity contribution in [3.8, 4) is 5.75 Å². The molecular weight excluding hydrogens is 252 g/mol. The molecule has 2 unspecified atom stereocenters. The third kappa shape index (κ3) is 2.35. The summed E-state index contributed by atoms with van der Waals surface area (Å²) >= 11 is 6.09. The predicted molar refractivity (Wildman–Crippen MR) is 69.2 cm³/mol. The van der Waals surface area contributed by atoms with Crippen LogP contribution in [0.3, 0.4) is 0 Å². The fourth-order valence-electron chi connectivity index (χ4n) is 2.75. The maximum atomic E-state index is 10.4. The first-order valence-corrected chi connectivity index (χ1v) is 6.86. The van der Waals surface area contributed by atoms with Crippen LogP contribution in [0.15, 0.2) is 12.1 Å². The Balaban J connectivity index is 1.82. The fourth-order valence-corrected chi connectivity index (χ4v) is 3.00. The highest BCUT2D eigenvalue weighted by atomic mass is 35.5. The Labute approximate surface area is 112 Å². The number of benzene rings is 1. The average Bonchev–Trinajstić information content (AvgIpc) is 2.97. The first-order valence-electron chi connectivity index (χ1n) is 6.49. The summed E-state index contributed by atoms with van der Waals surface area (Å²) < 4.78 is 11.2. The molecular formula is C14H17ClO3. The van der Waals surface area contributed by atoms with E-state index in [1.54, 1.807) is 0 Å². The van der Waals surface area contributed by atoms with E-state index in [2.05, 4.69) is 0 Å². The van der Waals surface area contributed by atoms with Crippen molar-refractivity contribution in [1.29, 1.82) is 0 Å².